The topological polar surface area (TPSA) is 50.4 Å². The first kappa shape index (κ1) is 19.6. The standard InChI is InChI=1S/C22H22O3S2/c1-13-10-14(2)20(15(3)11-13)21-19(23)12-16(25-22(21)24)8-9-27-18-6-4-17(26)5-7-18/h4-7,10-12,23,26H,8-9H2,1-3H3. The van der Waals surface area contributed by atoms with Crippen molar-refractivity contribution in [3.8, 4) is 16.9 Å². The van der Waals surface area contributed by atoms with Crippen LogP contribution < -0.4 is 5.63 Å². The van der Waals surface area contributed by atoms with Crippen molar-refractivity contribution in [1.29, 1.82) is 0 Å². The van der Waals surface area contributed by atoms with E-state index in [-0.39, 0.29) is 11.3 Å². The quantitative estimate of drug-likeness (QED) is 0.436. The summed E-state index contributed by atoms with van der Waals surface area (Å²) < 4.78 is 5.50. The summed E-state index contributed by atoms with van der Waals surface area (Å²) >= 11 is 5.94. The lowest BCUT2D eigenvalue weighted by Crippen LogP contribution is -2.08. The molecule has 0 aliphatic rings. The molecule has 0 atom stereocenters. The molecule has 0 unspecified atom stereocenters. The molecule has 0 fully saturated rings. The van der Waals surface area contributed by atoms with E-state index in [1.165, 1.54) is 0 Å². The van der Waals surface area contributed by atoms with Crippen LogP contribution in [0, 0.1) is 20.8 Å². The number of hydrogen-bond donors (Lipinski definition) is 2. The SMILES string of the molecule is Cc1cc(C)c(-c2c(O)cc(CCSc3ccc(S)cc3)oc2=O)c(C)c1. The molecule has 3 aromatic rings. The van der Waals surface area contributed by atoms with Gasteiger partial charge < -0.3 is 9.52 Å². The Hall–Kier alpha value is -2.11. The molecular weight excluding hydrogens is 376 g/mol. The Morgan fingerprint density at radius 1 is 1.00 bits per heavy atom. The highest BCUT2D eigenvalue weighted by molar-refractivity contribution is 7.99. The van der Waals surface area contributed by atoms with Crippen molar-refractivity contribution in [2.75, 3.05) is 5.75 Å². The molecule has 0 spiro atoms. The Morgan fingerprint density at radius 3 is 2.22 bits per heavy atom. The van der Waals surface area contributed by atoms with Gasteiger partial charge >= 0.3 is 5.63 Å². The van der Waals surface area contributed by atoms with E-state index < -0.39 is 5.63 Å². The molecule has 0 saturated heterocycles. The van der Waals surface area contributed by atoms with Crippen LogP contribution in [0.1, 0.15) is 22.5 Å². The van der Waals surface area contributed by atoms with Crippen molar-refractivity contribution >= 4 is 24.4 Å². The molecule has 2 aromatic carbocycles. The molecule has 0 radical (unpaired) electrons. The van der Waals surface area contributed by atoms with Crippen molar-refractivity contribution in [1.82, 2.24) is 0 Å². The van der Waals surface area contributed by atoms with Crippen molar-refractivity contribution in [2.45, 2.75) is 37.0 Å². The third-order valence-corrected chi connectivity index (χ3v) is 5.67. The molecule has 0 saturated carbocycles. The Kier molecular flexibility index (Phi) is 6.02. The maximum absolute atomic E-state index is 12.6. The van der Waals surface area contributed by atoms with Crippen LogP contribution in [0.4, 0.5) is 0 Å². The molecule has 0 amide bonds. The second-order valence-electron chi connectivity index (χ2n) is 6.63. The molecule has 3 nitrogen and oxygen atoms in total. The monoisotopic (exact) mass is 398 g/mol. The summed E-state index contributed by atoms with van der Waals surface area (Å²) in [6, 6.07) is 13.5. The average molecular weight is 399 g/mol. The van der Waals surface area contributed by atoms with E-state index in [0.29, 0.717) is 12.2 Å². The first-order chi connectivity index (χ1) is 12.8. The van der Waals surface area contributed by atoms with Gasteiger partial charge in [0.25, 0.3) is 0 Å². The fraction of sp³-hybridized carbons (Fsp3) is 0.227. The Morgan fingerprint density at radius 2 is 1.63 bits per heavy atom. The fourth-order valence-corrected chi connectivity index (χ4v) is 4.28. The van der Waals surface area contributed by atoms with Crippen molar-refractivity contribution in [2.24, 2.45) is 0 Å². The Balaban J connectivity index is 1.81. The minimum atomic E-state index is -0.496. The molecular formula is C22H22O3S2. The number of aryl methyl sites for hydroxylation is 4. The summed E-state index contributed by atoms with van der Waals surface area (Å²) in [4.78, 5) is 14.6. The largest absolute Gasteiger partial charge is 0.507 e. The van der Waals surface area contributed by atoms with E-state index in [9.17, 15) is 9.90 Å². The van der Waals surface area contributed by atoms with Crippen LogP contribution in [0.5, 0.6) is 5.75 Å². The van der Waals surface area contributed by atoms with E-state index in [1.807, 2.05) is 57.2 Å². The van der Waals surface area contributed by atoms with E-state index in [1.54, 1.807) is 17.8 Å². The number of thioether (sulfide) groups is 1. The second kappa shape index (κ2) is 8.28. The molecule has 1 heterocycles. The van der Waals surface area contributed by atoms with Gasteiger partial charge in [0, 0.05) is 28.0 Å². The van der Waals surface area contributed by atoms with Crippen LogP contribution in [0.3, 0.4) is 0 Å². The minimum Gasteiger partial charge on any atom is -0.507 e. The third kappa shape index (κ3) is 4.60. The average Bonchev–Trinajstić information content (AvgIpc) is 2.58. The Bertz CT molecular complexity index is 998. The highest BCUT2D eigenvalue weighted by Crippen LogP contribution is 2.33. The van der Waals surface area contributed by atoms with Crippen molar-refractivity contribution < 1.29 is 9.52 Å². The summed E-state index contributed by atoms with van der Waals surface area (Å²) in [5, 5.41) is 10.5. The third-order valence-electron chi connectivity index (χ3n) is 4.36. The zero-order chi connectivity index (χ0) is 19.6. The van der Waals surface area contributed by atoms with Gasteiger partial charge in [-0.2, -0.15) is 0 Å². The van der Waals surface area contributed by atoms with Crippen LogP contribution in [0.2, 0.25) is 0 Å². The summed E-state index contributed by atoms with van der Waals surface area (Å²) in [5.74, 6) is 1.21. The molecule has 140 valence electrons. The van der Waals surface area contributed by atoms with Crippen LogP contribution in [0.15, 0.2) is 61.5 Å². The smallest absolute Gasteiger partial charge is 0.347 e. The molecule has 27 heavy (non-hydrogen) atoms. The summed E-state index contributed by atoms with van der Waals surface area (Å²) in [6.45, 7) is 5.89. The molecule has 0 bridgehead atoms. The predicted molar refractivity (Wildman–Crippen MR) is 114 cm³/mol. The van der Waals surface area contributed by atoms with E-state index in [0.717, 1.165) is 37.8 Å². The number of rotatable bonds is 5. The van der Waals surface area contributed by atoms with Crippen LogP contribution in [-0.2, 0) is 6.42 Å². The number of thiol groups is 1. The fourth-order valence-electron chi connectivity index (χ4n) is 3.27. The summed E-state index contributed by atoms with van der Waals surface area (Å²) in [7, 11) is 0. The van der Waals surface area contributed by atoms with Gasteiger partial charge in [0.2, 0.25) is 0 Å². The van der Waals surface area contributed by atoms with Gasteiger partial charge in [0.05, 0.1) is 0 Å². The van der Waals surface area contributed by atoms with Crippen LogP contribution >= 0.6 is 24.4 Å². The molecule has 3 rings (SSSR count). The van der Waals surface area contributed by atoms with Gasteiger partial charge in [0.15, 0.2) is 0 Å². The van der Waals surface area contributed by atoms with E-state index >= 15 is 0 Å². The van der Waals surface area contributed by atoms with Gasteiger partial charge in [-0.05, 0) is 61.7 Å². The lowest BCUT2D eigenvalue weighted by molar-refractivity contribution is 0.430. The zero-order valence-electron chi connectivity index (χ0n) is 15.6. The lowest BCUT2D eigenvalue weighted by atomic mass is 9.94. The highest BCUT2D eigenvalue weighted by atomic mass is 32.2. The molecule has 5 heteroatoms. The van der Waals surface area contributed by atoms with Gasteiger partial charge in [-0.25, -0.2) is 4.79 Å². The zero-order valence-corrected chi connectivity index (χ0v) is 17.3. The second-order valence-corrected chi connectivity index (χ2v) is 8.31. The molecule has 0 aliphatic carbocycles. The predicted octanol–water partition coefficient (Wildman–Crippen LogP) is 5.56. The summed E-state index contributed by atoms with van der Waals surface area (Å²) in [6.07, 6.45) is 0.558. The maximum atomic E-state index is 12.6. The number of hydrogen-bond acceptors (Lipinski definition) is 5. The first-order valence-electron chi connectivity index (χ1n) is 8.71. The van der Waals surface area contributed by atoms with Gasteiger partial charge in [-0.1, -0.05) is 17.7 Å². The summed E-state index contributed by atoms with van der Waals surface area (Å²) in [5.41, 5.74) is 3.52. The van der Waals surface area contributed by atoms with E-state index in [4.69, 9.17) is 4.42 Å². The highest BCUT2D eigenvalue weighted by Gasteiger charge is 2.17. The maximum Gasteiger partial charge on any atom is 0.347 e. The lowest BCUT2D eigenvalue weighted by Gasteiger charge is -2.12. The normalized spacial score (nSPS) is 11.0. The van der Waals surface area contributed by atoms with Crippen LogP contribution in [0.25, 0.3) is 11.1 Å². The minimum absolute atomic E-state index is 0.0271. The number of benzene rings is 2. The Labute approximate surface area is 168 Å². The first-order valence-corrected chi connectivity index (χ1v) is 10.1. The van der Waals surface area contributed by atoms with E-state index in [2.05, 4.69) is 12.6 Å². The molecule has 1 aromatic heterocycles. The molecule has 0 aliphatic heterocycles. The van der Waals surface area contributed by atoms with Gasteiger partial charge in [-0.3, -0.25) is 0 Å². The molecule has 1 N–H and O–H groups in total. The van der Waals surface area contributed by atoms with Crippen molar-refractivity contribution in [3.63, 3.8) is 0 Å². The number of aromatic hydroxyl groups is 1. The van der Waals surface area contributed by atoms with Gasteiger partial charge in [-0.15, -0.1) is 24.4 Å². The van der Waals surface area contributed by atoms with Gasteiger partial charge in [0.1, 0.15) is 17.1 Å². The van der Waals surface area contributed by atoms with Crippen LogP contribution in [-0.4, -0.2) is 10.9 Å². The van der Waals surface area contributed by atoms with Crippen molar-refractivity contribution in [3.05, 3.63) is 75.3 Å².